The maximum atomic E-state index is 11.5. The van der Waals surface area contributed by atoms with Crippen molar-refractivity contribution in [2.45, 2.75) is 9.79 Å². The fourth-order valence-corrected chi connectivity index (χ4v) is 3.84. The fraction of sp³-hybridized carbons (Fsp3) is 0.0588. The molecule has 0 saturated heterocycles. The highest BCUT2D eigenvalue weighted by molar-refractivity contribution is 7.86. The molecule has 6 N–H and O–H groups in total. The van der Waals surface area contributed by atoms with E-state index < -0.39 is 25.1 Å². The van der Waals surface area contributed by atoms with E-state index in [0.29, 0.717) is 11.1 Å². The second-order valence-corrected chi connectivity index (χ2v) is 8.90. The van der Waals surface area contributed by atoms with Crippen LogP contribution in [0.3, 0.4) is 0 Å². The average molecular weight is 452 g/mol. The highest BCUT2D eigenvalue weighted by atomic mass is 32.2. The Morgan fingerprint density at radius 1 is 0.800 bits per heavy atom. The number of azo groups is 1. The zero-order chi connectivity index (χ0) is 22.3. The van der Waals surface area contributed by atoms with E-state index >= 15 is 0 Å². The van der Waals surface area contributed by atoms with Crippen LogP contribution in [0.15, 0.2) is 62.5 Å². The molecule has 158 valence electrons. The minimum absolute atomic E-state index is 0.0600. The van der Waals surface area contributed by atoms with E-state index in [9.17, 15) is 25.9 Å². The van der Waals surface area contributed by atoms with Crippen molar-refractivity contribution in [1.82, 2.24) is 0 Å². The van der Waals surface area contributed by atoms with Crippen molar-refractivity contribution in [3.8, 4) is 5.75 Å². The predicted molar refractivity (Wildman–Crippen MR) is 110 cm³/mol. The van der Waals surface area contributed by atoms with Crippen LogP contribution in [0.2, 0.25) is 0 Å². The van der Waals surface area contributed by atoms with Crippen molar-refractivity contribution in [3.05, 3.63) is 42.5 Å². The van der Waals surface area contributed by atoms with E-state index in [1.807, 2.05) is 0 Å². The lowest BCUT2D eigenvalue weighted by atomic mass is 10.1. The number of benzene rings is 3. The molecule has 3 aromatic carbocycles. The lowest BCUT2D eigenvalue weighted by Crippen LogP contribution is -2.03. The molecule has 0 saturated carbocycles. The van der Waals surface area contributed by atoms with Gasteiger partial charge in [-0.15, -0.1) is 10.2 Å². The predicted octanol–water partition coefficient (Wildman–Crippen LogP) is 2.92. The van der Waals surface area contributed by atoms with Gasteiger partial charge < -0.3 is 16.2 Å². The summed E-state index contributed by atoms with van der Waals surface area (Å²) >= 11 is 0. The van der Waals surface area contributed by atoms with E-state index in [-0.39, 0.29) is 33.1 Å². The van der Waals surface area contributed by atoms with Gasteiger partial charge in [0.05, 0.1) is 23.4 Å². The van der Waals surface area contributed by atoms with Crippen molar-refractivity contribution in [2.24, 2.45) is 10.2 Å². The molecule has 11 nitrogen and oxygen atoms in total. The molecule has 0 aliphatic rings. The molecule has 0 aromatic heterocycles. The van der Waals surface area contributed by atoms with Crippen LogP contribution in [0.1, 0.15) is 0 Å². The number of nitrogen functional groups attached to an aromatic ring is 2. The van der Waals surface area contributed by atoms with Gasteiger partial charge in [0, 0.05) is 22.5 Å². The van der Waals surface area contributed by atoms with Crippen LogP contribution in [-0.4, -0.2) is 33.1 Å². The molecular formula is C17H16N4O7S2. The minimum Gasteiger partial charge on any atom is -0.494 e. The number of rotatable bonds is 5. The van der Waals surface area contributed by atoms with Crippen molar-refractivity contribution >= 4 is 53.8 Å². The molecule has 0 fully saturated rings. The first-order valence-corrected chi connectivity index (χ1v) is 11.0. The summed E-state index contributed by atoms with van der Waals surface area (Å²) in [5, 5.41) is 8.71. The van der Waals surface area contributed by atoms with Gasteiger partial charge in [-0.25, -0.2) is 0 Å². The summed E-state index contributed by atoms with van der Waals surface area (Å²) in [4.78, 5) is -0.941. The van der Waals surface area contributed by atoms with Crippen LogP contribution in [0, 0.1) is 0 Å². The Labute approximate surface area is 171 Å². The molecule has 0 radical (unpaired) electrons. The number of hydrogen-bond donors (Lipinski definition) is 4. The van der Waals surface area contributed by atoms with Gasteiger partial charge in [0.25, 0.3) is 20.2 Å². The Hall–Kier alpha value is -3.26. The van der Waals surface area contributed by atoms with E-state index in [4.69, 9.17) is 16.2 Å². The molecule has 0 atom stereocenters. The third-order valence-corrected chi connectivity index (χ3v) is 5.91. The van der Waals surface area contributed by atoms with Crippen LogP contribution in [0.5, 0.6) is 5.75 Å². The van der Waals surface area contributed by atoms with Gasteiger partial charge in [-0.1, -0.05) is 6.07 Å². The third kappa shape index (κ3) is 4.18. The molecule has 0 aliphatic carbocycles. The highest BCUT2D eigenvalue weighted by Gasteiger charge is 2.18. The number of anilines is 2. The molecule has 0 unspecified atom stereocenters. The Balaban J connectivity index is 2.20. The third-order valence-electron chi connectivity index (χ3n) is 4.15. The largest absolute Gasteiger partial charge is 0.494 e. The molecule has 0 amide bonds. The lowest BCUT2D eigenvalue weighted by Gasteiger charge is -2.09. The fourth-order valence-electron chi connectivity index (χ4n) is 2.72. The quantitative estimate of drug-likeness (QED) is 0.255. The van der Waals surface area contributed by atoms with Crippen LogP contribution < -0.4 is 16.2 Å². The molecule has 0 bridgehead atoms. The summed E-state index contributed by atoms with van der Waals surface area (Å²) in [6, 6.07) is 8.91. The van der Waals surface area contributed by atoms with Gasteiger partial charge in [0.2, 0.25) is 0 Å². The average Bonchev–Trinajstić information content (AvgIpc) is 2.66. The number of methoxy groups -OCH3 is 1. The van der Waals surface area contributed by atoms with Crippen molar-refractivity contribution in [2.75, 3.05) is 18.6 Å². The zero-order valence-corrected chi connectivity index (χ0v) is 17.0. The maximum absolute atomic E-state index is 11.5. The van der Waals surface area contributed by atoms with Gasteiger partial charge >= 0.3 is 0 Å². The SMILES string of the molecule is COc1cc(N)c(S(=O)(=O)O)cc1N=Nc1ccc(N)c2ccc(S(=O)(=O)O)cc12. The molecule has 3 aromatic rings. The summed E-state index contributed by atoms with van der Waals surface area (Å²) in [6.45, 7) is 0. The van der Waals surface area contributed by atoms with E-state index in [2.05, 4.69) is 10.2 Å². The summed E-state index contributed by atoms with van der Waals surface area (Å²) < 4.78 is 69.6. The van der Waals surface area contributed by atoms with Crippen LogP contribution in [-0.2, 0) is 20.2 Å². The van der Waals surface area contributed by atoms with Crippen molar-refractivity contribution in [1.29, 1.82) is 0 Å². The molecular weight excluding hydrogens is 436 g/mol. The number of ether oxygens (including phenoxy) is 1. The Bertz CT molecular complexity index is 1400. The second-order valence-electron chi connectivity index (χ2n) is 6.09. The van der Waals surface area contributed by atoms with E-state index in [1.165, 1.54) is 37.4 Å². The molecule has 0 aliphatic heterocycles. The summed E-state index contributed by atoms with van der Waals surface area (Å²) in [6.07, 6.45) is 0. The number of fused-ring (bicyclic) bond motifs is 1. The molecule has 13 heteroatoms. The highest BCUT2D eigenvalue weighted by Crippen LogP contribution is 2.37. The summed E-state index contributed by atoms with van der Waals surface area (Å²) in [5.74, 6) is 0.0852. The van der Waals surface area contributed by atoms with E-state index in [1.54, 1.807) is 0 Å². The maximum Gasteiger partial charge on any atom is 0.296 e. The Morgan fingerprint density at radius 2 is 1.47 bits per heavy atom. The number of nitrogens with zero attached hydrogens (tertiary/aromatic N) is 2. The zero-order valence-electron chi connectivity index (χ0n) is 15.3. The van der Waals surface area contributed by atoms with Gasteiger partial charge in [0.1, 0.15) is 16.3 Å². The molecule has 3 rings (SSSR count). The van der Waals surface area contributed by atoms with E-state index in [0.717, 1.165) is 12.1 Å². The molecule has 0 heterocycles. The first-order valence-electron chi connectivity index (χ1n) is 8.08. The second kappa shape index (κ2) is 7.53. The topological polar surface area (TPSA) is 195 Å². The van der Waals surface area contributed by atoms with Crippen LogP contribution in [0.4, 0.5) is 22.7 Å². The van der Waals surface area contributed by atoms with Crippen LogP contribution in [0.25, 0.3) is 10.8 Å². The minimum atomic E-state index is -4.62. The van der Waals surface area contributed by atoms with Gasteiger partial charge in [-0.2, -0.15) is 16.8 Å². The monoisotopic (exact) mass is 452 g/mol. The molecule has 0 spiro atoms. The normalized spacial score (nSPS) is 12.5. The van der Waals surface area contributed by atoms with Gasteiger partial charge in [0.15, 0.2) is 0 Å². The van der Waals surface area contributed by atoms with Gasteiger partial charge in [-0.05, 0) is 30.3 Å². The van der Waals surface area contributed by atoms with Crippen molar-refractivity contribution in [3.63, 3.8) is 0 Å². The lowest BCUT2D eigenvalue weighted by molar-refractivity contribution is 0.415. The standard InChI is InChI=1S/C17H16N4O7S2/c1-28-16-7-13(19)17(30(25,26)27)8-15(16)21-20-14-5-4-12(18)10-3-2-9(6-11(10)14)29(22,23)24/h2-8H,18-19H2,1H3,(H,22,23,24)(H,25,26,27). The first-order chi connectivity index (χ1) is 13.9. The molecule has 30 heavy (non-hydrogen) atoms. The van der Waals surface area contributed by atoms with Crippen LogP contribution >= 0.6 is 0 Å². The smallest absolute Gasteiger partial charge is 0.296 e. The summed E-state index contributed by atoms with van der Waals surface area (Å²) in [7, 11) is -7.79. The Morgan fingerprint density at radius 3 is 2.07 bits per heavy atom. The number of hydrogen-bond acceptors (Lipinski definition) is 9. The van der Waals surface area contributed by atoms with Crippen molar-refractivity contribution < 1.29 is 30.7 Å². The number of nitrogens with two attached hydrogens (primary N) is 2. The summed E-state index contributed by atoms with van der Waals surface area (Å²) in [5.41, 5.74) is 11.7. The van der Waals surface area contributed by atoms with Gasteiger partial charge in [-0.3, -0.25) is 9.11 Å². The first kappa shape index (κ1) is 21.4. The Kier molecular flexibility index (Phi) is 5.38.